The third-order valence-corrected chi connectivity index (χ3v) is 5.00. The molecule has 0 aliphatic carbocycles. The number of benzene rings is 1. The molecule has 0 atom stereocenters. The standard InChI is InChI=1S/C17H23N3O2S/c1-3-4-5-6-15-7-9-17(10-8-15)23(21,22)20-13-16-12-18-14(2)11-19-16/h7-12,20H,3-6,13H2,1-2H3. The van der Waals surface area contributed by atoms with Crippen molar-refractivity contribution in [2.75, 3.05) is 0 Å². The minimum absolute atomic E-state index is 0.133. The van der Waals surface area contributed by atoms with E-state index in [1.54, 1.807) is 24.5 Å². The highest BCUT2D eigenvalue weighted by Gasteiger charge is 2.13. The van der Waals surface area contributed by atoms with Crippen LogP contribution in [0.1, 0.15) is 43.1 Å². The molecule has 23 heavy (non-hydrogen) atoms. The molecule has 0 amide bonds. The predicted molar refractivity (Wildman–Crippen MR) is 90.5 cm³/mol. The molecule has 0 spiro atoms. The first kappa shape index (κ1) is 17.6. The van der Waals surface area contributed by atoms with E-state index in [0.717, 1.165) is 18.5 Å². The SMILES string of the molecule is CCCCCc1ccc(S(=O)(=O)NCc2cnc(C)cn2)cc1. The van der Waals surface area contributed by atoms with Crippen molar-refractivity contribution in [3.05, 3.63) is 53.6 Å². The first-order valence-corrected chi connectivity index (χ1v) is 9.35. The number of hydrogen-bond acceptors (Lipinski definition) is 4. The summed E-state index contributed by atoms with van der Waals surface area (Å²) < 4.78 is 27.1. The van der Waals surface area contributed by atoms with Gasteiger partial charge in [-0.3, -0.25) is 9.97 Å². The highest BCUT2D eigenvalue weighted by atomic mass is 32.2. The van der Waals surface area contributed by atoms with Crippen LogP contribution in [0.2, 0.25) is 0 Å². The fourth-order valence-electron chi connectivity index (χ4n) is 2.18. The monoisotopic (exact) mass is 333 g/mol. The van der Waals surface area contributed by atoms with Crippen molar-refractivity contribution < 1.29 is 8.42 Å². The Morgan fingerprint density at radius 2 is 1.78 bits per heavy atom. The third kappa shape index (κ3) is 5.41. The van der Waals surface area contributed by atoms with Crippen LogP contribution in [-0.2, 0) is 23.0 Å². The number of aromatic nitrogens is 2. The summed E-state index contributed by atoms with van der Waals surface area (Å²) >= 11 is 0. The van der Waals surface area contributed by atoms with E-state index >= 15 is 0 Å². The van der Waals surface area contributed by atoms with E-state index in [1.807, 2.05) is 19.1 Å². The summed E-state index contributed by atoms with van der Waals surface area (Å²) in [6, 6.07) is 7.08. The second kappa shape index (κ2) is 8.17. The smallest absolute Gasteiger partial charge is 0.240 e. The summed E-state index contributed by atoms with van der Waals surface area (Å²) in [4.78, 5) is 8.52. The van der Waals surface area contributed by atoms with Gasteiger partial charge in [-0.1, -0.05) is 31.9 Å². The van der Waals surface area contributed by atoms with Crippen molar-refractivity contribution >= 4 is 10.0 Å². The fraction of sp³-hybridized carbons (Fsp3) is 0.412. The van der Waals surface area contributed by atoms with E-state index in [1.165, 1.54) is 18.4 Å². The van der Waals surface area contributed by atoms with Crippen molar-refractivity contribution in [1.82, 2.24) is 14.7 Å². The van der Waals surface area contributed by atoms with Crippen molar-refractivity contribution in [1.29, 1.82) is 0 Å². The summed E-state index contributed by atoms with van der Waals surface area (Å²) in [5.41, 5.74) is 2.56. The van der Waals surface area contributed by atoms with E-state index in [4.69, 9.17) is 0 Å². The summed E-state index contributed by atoms with van der Waals surface area (Å²) in [5, 5.41) is 0. The molecular formula is C17H23N3O2S. The lowest BCUT2D eigenvalue weighted by Gasteiger charge is -2.07. The van der Waals surface area contributed by atoms with E-state index in [2.05, 4.69) is 21.6 Å². The quantitative estimate of drug-likeness (QED) is 0.754. The van der Waals surface area contributed by atoms with Crippen LogP contribution < -0.4 is 4.72 Å². The molecular weight excluding hydrogens is 310 g/mol. The molecule has 5 nitrogen and oxygen atoms in total. The first-order chi connectivity index (χ1) is 11.0. The Kier molecular flexibility index (Phi) is 6.24. The Morgan fingerprint density at radius 3 is 2.39 bits per heavy atom. The lowest BCUT2D eigenvalue weighted by atomic mass is 10.1. The van der Waals surface area contributed by atoms with Gasteiger partial charge in [0.05, 0.1) is 29.0 Å². The van der Waals surface area contributed by atoms with Gasteiger partial charge in [0.1, 0.15) is 0 Å². The molecule has 6 heteroatoms. The van der Waals surface area contributed by atoms with E-state index in [0.29, 0.717) is 5.69 Å². The molecule has 124 valence electrons. The number of nitrogens with one attached hydrogen (secondary N) is 1. The largest absolute Gasteiger partial charge is 0.258 e. The number of unbranched alkanes of at least 4 members (excludes halogenated alkanes) is 2. The minimum atomic E-state index is -3.53. The molecule has 0 aliphatic heterocycles. The zero-order valence-corrected chi connectivity index (χ0v) is 14.4. The zero-order valence-electron chi connectivity index (χ0n) is 13.6. The molecule has 1 aromatic heterocycles. The molecule has 0 fully saturated rings. The highest BCUT2D eigenvalue weighted by molar-refractivity contribution is 7.89. The van der Waals surface area contributed by atoms with Gasteiger partial charge in [-0.15, -0.1) is 0 Å². The van der Waals surface area contributed by atoms with Gasteiger partial charge in [-0.2, -0.15) is 0 Å². The number of rotatable bonds is 8. The lowest BCUT2D eigenvalue weighted by Crippen LogP contribution is -2.23. The van der Waals surface area contributed by atoms with Gasteiger partial charge >= 0.3 is 0 Å². The number of nitrogens with zero attached hydrogens (tertiary/aromatic N) is 2. The molecule has 0 radical (unpaired) electrons. The number of hydrogen-bond donors (Lipinski definition) is 1. The molecule has 1 aromatic carbocycles. The van der Waals surface area contributed by atoms with Crippen LogP contribution in [0.5, 0.6) is 0 Å². The van der Waals surface area contributed by atoms with Gasteiger partial charge in [0.2, 0.25) is 10.0 Å². The average molecular weight is 333 g/mol. The molecule has 0 bridgehead atoms. The van der Waals surface area contributed by atoms with Crippen molar-refractivity contribution in [2.45, 2.75) is 51.0 Å². The lowest BCUT2D eigenvalue weighted by molar-refractivity contribution is 0.580. The minimum Gasteiger partial charge on any atom is -0.258 e. The molecule has 0 saturated heterocycles. The van der Waals surface area contributed by atoms with Gasteiger partial charge in [-0.05, 0) is 37.5 Å². The fourth-order valence-corrected chi connectivity index (χ4v) is 3.18. The van der Waals surface area contributed by atoms with Gasteiger partial charge < -0.3 is 0 Å². The maximum absolute atomic E-state index is 12.3. The number of sulfonamides is 1. The average Bonchev–Trinajstić information content (AvgIpc) is 2.55. The second-order valence-corrected chi connectivity index (χ2v) is 7.34. The van der Waals surface area contributed by atoms with E-state index in [-0.39, 0.29) is 11.4 Å². The zero-order chi connectivity index (χ0) is 16.7. The Hall–Kier alpha value is -1.79. The van der Waals surface area contributed by atoms with Crippen molar-refractivity contribution in [3.8, 4) is 0 Å². The summed E-state index contributed by atoms with van der Waals surface area (Å²) in [5.74, 6) is 0. The molecule has 2 aromatic rings. The molecule has 0 aliphatic rings. The van der Waals surface area contributed by atoms with Crippen LogP contribution in [0, 0.1) is 6.92 Å². The van der Waals surface area contributed by atoms with Crippen LogP contribution in [0.3, 0.4) is 0 Å². The first-order valence-electron chi connectivity index (χ1n) is 7.87. The molecule has 0 saturated carbocycles. The third-order valence-electron chi connectivity index (χ3n) is 3.58. The van der Waals surface area contributed by atoms with Crippen LogP contribution >= 0.6 is 0 Å². The Balaban J connectivity index is 1.97. The second-order valence-electron chi connectivity index (χ2n) is 5.57. The van der Waals surface area contributed by atoms with Gasteiger partial charge in [0.25, 0.3) is 0 Å². The normalized spacial score (nSPS) is 11.6. The molecule has 1 N–H and O–H groups in total. The van der Waals surface area contributed by atoms with Gasteiger partial charge in [0, 0.05) is 6.20 Å². The molecule has 1 heterocycles. The van der Waals surface area contributed by atoms with Crippen molar-refractivity contribution in [2.24, 2.45) is 0 Å². The van der Waals surface area contributed by atoms with Crippen LogP contribution in [0.25, 0.3) is 0 Å². The summed E-state index contributed by atoms with van der Waals surface area (Å²) in [6.07, 6.45) is 7.69. The molecule has 0 unspecified atom stereocenters. The topological polar surface area (TPSA) is 72.0 Å². The summed E-state index contributed by atoms with van der Waals surface area (Å²) in [7, 11) is -3.53. The molecule has 2 rings (SSSR count). The Bertz CT molecular complexity index is 711. The Morgan fingerprint density at radius 1 is 1.04 bits per heavy atom. The van der Waals surface area contributed by atoms with Gasteiger partial charge in [0.15, 0.2) is 0 Å². The predicted octanol–water partition coefficient (Wildman–Crippen LogP) is 3.00. The van der Waals surface area contributed by atoms with Crippen LogP contribution in [-0.4, -0.2) is 18.4 Å². The number of aryl methyl sites for hydroxylation is 2. The van der Waals surface area contributed by atoms with Crippen LogP contribution in [0.15, 0.2) is 41.6 Å². The maximum atomic E-state index is 12.3. The van der Waals surface area contributed by atoms with Crippen LogP contribution in [0.4, 0.5) is 0 Å². The highest BCUT2D eigenvalue weighted by Crippen LogP contribution is 2.13. The summed E-state index contributed by atoms with van der Waals surface area (Å²) in [6.45, 7) is 4.14. The van der Waals surface area contributed by atoms with Crippen molar-refractivity contribution in [3.63, 3.8) is 0 Å². The maximum Gasteiger partial charge on any atom is 0.240 e. The van der Waals surface area contributed by atoms with Gasteiger partial charge in [-0.25, -0.2) is 13.1 Å². The Labute approximate surface area is 138 Å². The van der Waals surface area contributed by atoms with E-state index in [9.17, 15) is 8.42 Å². The van der Waals surface area contributed by atoms with E-state index < -0.39 is 10.0 Å².